The van der Waals surface area contributed by atoms with E-state index in [-0.39, 0.29) is 11.9 Å². The van der Waals surface area contributed by atoms with Crippen molar-refractivity contribution in [2.75, 3.05) is 7.11 Å². The van der Waals surface area contributed by atoms with Crippen LogP contribution >= 0.6 is 0 Å². The SMILES string of the molecule is CCCC(C)C(=O)OCc1ccc2cc(OC)ccc2c1. The Morgan fingerprint density at radius 3 is 2.57 bits per heavy atom. The number of carbonyl (C=O) groups excluding carboxylic acids is 1. The predicted octanol–water partition coefficient (Wildman–Crippen LogP) is 4.33. The van der Waals surface area contributed by atoms with Crippen LogP contribution in [0.4, 0.5) is 0 Å². The number of rotatable bonds is 6. The molecule has 0 N–H and O–H groups in total. The molecule has 112 valence electrons. The fourth-order valence-electron chi connectivity index (χ4n) is 2.34. The van der Waals surface area contributed by atoms with Crippen molar-refractivity contribution in [3.63, 3.8) is 0 Å². The second-order valence-electron chi connectivity index (χ2n) is 5.34. The molecular weight excluding hydrogens is 264 g/mol. The van der Waals surface area contributed by atoms with E-state index in [1.54, 1.807) is 7.11 Å². The number of hydrogen-bond acceptors (Lipinski definition) is 3. The van der Waals surface area contributed by atoms with Gasteiger partial charge in [0.25, 0.3) is 0 Å². The molecule has 0 fully saturated rings. The number of esters is 1. The van der Waals surface area contributed by atoms with Crippen molar-refractivity contribution in [3.05, 3.63) is 42.0 Å². The lowest BCUT2D eigenvalue weighted by atomic mass is 10.1. The number of ether oxygens (including phenoxy) is 2. The molecule has 0 radical (unpaired) electrons. The number of methoxy groups -OCH3 is 1. The highest BCUT2D eigenvalue weighted by atomic mass is 16.5. The molecule has 2 aromatic rings. The van der Waals surface area contributed by atoms with Crippen molar-refractivity contribution in [2.24, 2.45) is 5.92 Å². The summed E-state index contributed by atoms with van der Waals surface area (Å²) in [6.45, 7) is 4.31. The molecule has 0 aliphatic heterocycles. The van der Waals surface area contributed by atoms with Crippen molar-refractivity contribution >= 4 is 16.7 Å². The molecule has 21 heavy (non-hydrogen) atoms. The Bertz CT molecular complexity index is 619. The summed E-state index contributed by atoms with van der Waals surface area (Å²) in [4.78, 5) is 11.8. The zero-order valence-corrected chi connectivity index (χ0v) is 12.9. The van der Waals surface area contributed by atoms with Crippen molar-refractivity contribution in [1.29, 1.82) is 0 Å². The maximum atomic E-state index is 11.8. The predicted molar refractivity (Wildman–Crippen MR) is 84.4 cm³/mol. The van der Waals surface area contributed by atoms with Crippen LogP contribution in [0.3, 0.4) is 0 Å². The molecule has 2 rings (SSSR count). The fourth-order valence-corrected chi connectivity index (χ4v) is 2.34. The topological polar surface area (TPSA) is 35.5 Å². The molecule has 0 bridgehead atoms. The lowest BCUT2D eigenvalue weighted by Crippen LogP contribution is -2.14. The van der Waals surface area contributed by atoms with Crippen molar-refractivity contribution < 1.29 is 14.3 Å². The van der Waals surface area contributed by atoms with Crippen LogP contribution in [-0.2, 0) is 16.1 Å². The summed E-state index contributed by atoms with van der Waals surface area (Å²) in [5.41, 5.74) is 1.00. The highest BCUT2D eigenvalue weighted by molar-refractivity contribution is 5.84. The Morgan fingerprint density at radius 2 is 1.86 bits per heavy atom. The molecule has 2 aromatic carbocycles. The Labute approximate surface area is 125 Å². The third-order valence-corrected chi connectivity index (χ3v) is 3.62. The highest BCUT2D eigenvalue weighted by Gasteiger charge is 2.13. The summed E-state index contributed by atoms with van der Waals surface area (Å²) in [6, 6.07) is 12.0. The Morgan fingerprint density at radius 1 is 1.14 bits per heavy atom. The van der Waals surface area contributed by atoms with E-state index in [4.69, 9.17) is 9.47 Å². The molecule has 0 spiro atoms. The maximum absolute atomic E-state index is 11.8. The van der Waals surface area contributed by atoms with Crippen LogP contribution in [0, 0.1) is 5.92 Å². The number of carbonyl (C=O) groups is 1. The van der Waals surface area contributed by atoms with Gasteiger partial charge in [-0.15, -0.1) is 0 Å². The van der Waals surface area contributed by atoms with Crippen LogP contribution < -0.4 is 4.74 Å². The molecule has 1 unspecified atom stereocenters. The monoisotopic (exact) mass is 286 g/mol. The second-order valence-corrected chi connectivity index (χ2v) is 5.34. The van der Waals surface area contributed by atoms with E-state index in [2.05, 4.69) is 6.92 Å². The van der Waals surface area contributed by atoms with E-state index in [1.807, 2.05) is 43.3 Å². The van der Waals surface area contributed by atoms with Gasteiger partial charge in [0, 0.05) is 0 Å². The molecule has 0 saturated carbocycles. The molecule has 0 heterocycles. The quantitative estimate of drug-likeness (QED) is 0.741. The van der Waals surface area contributed by atoms with E-state index in [9.17, 15) is 4.79 Å². The number of fused-ring (bicyclic) bond motifs is 1. The van der Waals surface area contributed by atoms with Gasteiger partial charge < -0.3 is 9.47 Å². The molecule has 1 atom stereocenters. The Kier molecular flexibility index (Phi) is 5.20. The first-order valence-electron chi connectivity index (χ1n) is 7.37. The maximum Gasteiger partial charge on any atom is 0.308 e. The van der Waals surface area contributed by atoms with Gasteiger partial charge in [-0.3, -0.25) is 4.79 Å². The third-order valence-electron chi connectivity index (χ3n) is 3.62. The molecular formula is C18H22O3. The van der Waals surface area contributed by atoms with Crippen LogP contribution in [0.2, 0.25) is 0 Å². The lowest BCUT2D eigenvalue weighted by molar-refractivity contribution is -0.149. The minimum atomic E-state index is -0.119. The molecule has 3 heteroatoms. The molecule has 0 saturated heterocycles. The van der Waals surface area contributed by atoms with Crippen molar-refractivity contribution in [2.45, 2.75) is 33.3 Å². The van der Waals surface area contributed by atoms with Gasteiger partial charge >= 0.3 is 5.97 Å². The van der Waals surface area contributed by atoms with Gasteiger partial charge in [0.1, 0.15) is 12.4 Å². The van der Waals surface area contributed by atoms with Crippen molar-refractivity contribution in [3.8, 4) is 5.75 Å². The van der Waals surface area contributed by atoms with Crippen LogP contribution in [0.15, 0.2) is 36.4 Å². The number of benzene rings is 2. The largest absolute Gasteiger partial charge is 0.497 e. The number of hydrogen-bond donors (Lipinski definition) is 0. The molecule has 0 aliphatic carbocycles. The normalized spacial score (nSPS) is 12.1. The van der Waals surface area contributed by atoms with Gasteiger partial charge in [-0.25, -0.2) is 0 Å². The summed E-state index contributed by atoms with van der Waals surface area (Å²) >= 11 is 0. The van der Waals surface area contributed by atoms with Gasteiger partial charge in [-0.05, 0) is 41.0 Å². The first-order chi connectivity index (χ1) is 10.1. The summed E-state index contributed by atoms with van der Waals surface area (Å²) in [7, 11) is 1.66. The lowest BCUT2D eigenvalue weighted by Gasteiger charge is -2.11. The van der Waals surface area contributed by atoms with Crippen LogP contribution in [-0.4, -0.2) is 13.1 Å². The van der Waals surface area contributed by atoms with Crippen LogP contribution in [0.25, 0.3) is 10.8 Å². The summed E-state index contributed by atoms with van der Waals surface area (Å²) < 4.78 is 10.6. The van der Waals surface area contributed by atoms with Gasteiger partial charge in [-0.1, -0.05) is 38.5 Å². The van der Waals surface area contributed by atoms with E-state index in [1.165, 1.54) is 0 Å². The molecule has 0 aliphatic rings. The fraction of sp³-hybridized carbons (Fsp3) is 0.389. The van der Waals surface area contributed by atoms with Crippen molar-refractivity contribution in [1.82, 2.24) is 0 Å². The standard InChI is InChI=1S/C18H22O3/c1-4-5-13(2)18(19)21-12-14-6-7-16-11-17(20-3)9-8-15(16)10-14/h6-11,13H,4-5,12H2,1-3H3. The average Bonchev–Trinajstić information content (AvgIpc) is 2.52. The Hall–Kier alpha value is -2.03. The minimum Gasteiger partial charge on any atom is -0.497 e. The highest BCUT2D eigenvalue weighted by Crippen LogP contribution is 2.22. The Balaban J connectivity index is 2.04. The van der Waals surface area contributed by atoms with E-state index in [0.717, 1.165) is 34.9 Å². The zero-order valence-electron chi connectivity index (χ0n) is 12.9. The van der Waals surface area contributed by atoms with Crippen LogP contribution in [0.5, 0.6) is 5.75 Å². The first-order valence-corrected chi connectivity index (χ1v) is 7.37. The third kappa shape index (κ3) is 3.97. The summed E-state index contributed by atoms with van der Waals surface area (Å²) in [5.74, 6) is 0.696. The smallest absolute Gasteiger partial charge is 0.308 e. The molecule has 0 amide bonds. The first kappa shape index (κ1) is 15.4. The van der Waals surface area contributed by atoms with Gasteiger partial charge in [0.15, 0.2) is 0 Å². The zero-order chi connectivity index (χ0) is 15.2. The van der Waals surface area contributed by atoms with E-state index in [0.29, 0.717) is 6.61 Å². The van der Waals surface area contributed by atoms with Gasteiger partial charge in [0.2, 0.25) is 0 Å². The van der Waals surface area contributed by atoms with Gasteiger partial charge in [-0.2, -0.15) is 0 Å². The summed E-state index contributed by atoms with van der Waals surface area (Å²) in [6.07, 6.45) is 1.87. The second kappa shape index (κ2) is 7.11. The van der Waals surface area contributed by atoms with E-state index >= 15 is 0 Å². The molecule has 3 nitrogen and oxygen atoms in total. The van der Waals surface area contributed by atoms with Crippen LogP contribution in [0.1, 0.15) is 32.3 Å². The van der Waals surface area contributed by atoms with E-state index < -0.39 is 0 Å². The average molecular weight is 286 g/mol. The molecule has 0 aromatic heterocycles. The summed E-state index contributed by atoms with van der Waals surface area (Å²) in [5, 5.41) is 2.23. The minimum absolute atomic E-state index is 0.0280. The van der Waals surface area contributed by atoms with Gasteiger partial charge in [0.05, 0.1) is 13.0 Å².